The van der Waals surface area contributed by atoms with Crippen molar-refractivity contribution in [2.75, 3.05) is 0 Å². The van der Waals surface area contributed by atoms with E-state index in [-0.39, 0.29) is 5.75 Å². The van der Waals surface area contributed by atoms with Crippen molar-refractivity contribution >= 4 is 67.1 Å². The van der Waals surface area contributed by atoms with Crippen LogP contribution in [0.4, 0.5) is 0 Å². The van der Waals surface area contributed by atoms with Gasteiger partial charge in [0, 0.05) is 28.5 Å². The standard InChI is InChI=1S/C29H18N3O3P/c33-21-13-14-23(29-25(21)28-22(35-29)9-5-17-31-28)36(34,20-7-2-1-3-8-20)24-15-12-19-11-10-18-6-4-16-30-26(18)27(19)32-24/h1-17,33H. The van der Waals surface area contributed by atoms with Crippen LogP contribution in [-0.4, -0.2) is 20.1 Å². The highest BCUT2D eigenvalue weighted by atomic mass is 31.2. The van der Waals surface area contributed by atoms with Gasteiger partial charge in [0.25, 0.3) is 0 Å². The van der Waals surface area contributed by atoms with Gasteiger partial charge in [0.1, 0.15) is 16.7 Å². The number of nitrogens with zero attached hydrogens (tertiary/aromatic N) is 3. The quantitative estimate of drug-likeness (QED) is 0.264. The lowest BCUT2D eigenvalue weighted by molar-refractivity contribution is 0.481. The number of furan rings is 1. The Balaban J connectivity index is 1.60. The van der Waals surface area contributed by atoms with Crippen LogP contribution in [0.5, 0.6) is 5.75 Å². The fraction of sp³-hybridized carbons (Fsp3) is 0. The van der Waals surface area contributed by atoms with E-state index in [1.54, 1.807) is 36.7 Å². The summed E-state index contributed by atoms with van der Waals surface area (Å²) < 4.78 is 21.5. The molecular weight excluding hydrogens is 469 g/mol. The highest BCUT2D eigenvalue weighted by Gasteiger charge is 2.35. The van der Waals surface area contributed by atoms with E-state index >= 15 is 4.57 Å². The first-order valence-electron chi connectivity index (χ1n) is 11.4. The van der Waals surface area contributed by atoms with Gasteiger partial charge in [0.2, 0.25) is 0 Å². The molecule has 0 aliphatic carbocycles. The molecule has 4 aromatic heterocycles. The van der Waals surface area contributed by atoms with Crippen LogP contribution in [0.15, 0.2) is 108 Å². The van der Waals surface area contributed by atoms with E-state index in [4.69, 9.17) is 9.40 Å². The van der Waals surface area contributed by atoms with E-state index in [0.717, 1.165) is 16.3 Å². The molecular formula is C29H18N3O3P. The van der Waals surface area contributed by atoms with Gasteiger partial charge in [-0.15, -0.1) is 0 Å². The molecule has 0 amide bonds. The maximum atomic E-state index is 15.4. The first-order valence-corrected chi connectivity index (χ1v) is 13.2. The van der Waals surface area contributed by atoms with Crippen LogP contribution in [0.1, 0.15) is 0 Å². The van der Waals surface area contributed by atoms with Crippen LogP contribution in [0.3, 0.4) is 0 Å². The number of benzene rings is 3. The summed E-state index contributed by atoms with van der Waals surface area (Å²) in [6.07, 6.45) is 3.38. The van der Waals surface area contributed by atoms with Crippen LogP contribution in [0.25, 0.3) is 43.9 Å². The number of rotatable bonds is 3. The minimum absolute atomic E-state index is 0.0208. The molecule has 0 saturated heterocycles. The Labute approximate surface area is 205 Å². The van der Waals surface area contributed by atoms with Crippen molar-refractivity contribution in [2.24, 2.45) is 0 Å². The molecule has 4 heterocycles. The molecule has 7 rings (SSSR count). The first kappa shape index (κ1) is 20.8. The molecule has 1 unspecified atom stereocenters. The molecule has 0 aliphatic rings. The molecule has 6 nitrogen and oxygen atoms in total. The Bertz CT molecular complexity index is 2000. The topological polar surface area (TPSA) is 89.1 Å². The summed E-state index contributed by atoms with van der Waals surface area (Å²) in [5.74, 6) is 0.0208. The van der Waals surface area contributed by atoms with E-state index < -0.39 is 7.14 Å². The van der Waals surface area contributed by atoms with Crippen molar-refractivity contribution in [3.8, 4) is 5.75 Å². The molecule has 1 N–H and O–H groups in total. The average molecular weight is 487 g/mol. The van der Waals surface area contributed by atoms with Gasteiger partial charge in [0.15, 0.2) is 18.3 Å². The third kappa shape index (κ3) is 2.92. The van der Waals surface area contributed by atoms with Gasteiger partial charge in [-0.1, -0.05) is 54.6 Å². The number of hydrogen-bond donors (Lipinski definition) is 1. The highest BCUT2D eigenvalue weighted by Crippen LogP contribution is 2.46. The zero-order valence-corrected chi connectivity index (χ0v) is 19.8. The van der Waals surface area contributed by atoms with Gasteiger partial charge >= 0.3 is 0 Å². The monoisotopic (exact) mass is 487 g/mol. The zero-order valence-electron chi connectivity index (χ0n) is 18.9. The fourth-order valence-electron chi connectivity index (χ4n) is 4.83. The maximum absolute atomic E-state index is 15.4. The third-order valence-electron chi connectivity index (χ3n) is 6.53. The third-order valence-corrected chi connectivity index (χ3v) is 9.48. The van der Waals surface area contributed by atoms with Crippen LogP contribution in [-0.2, 0) is 4.57 Å². The van der Waals surface area contributed by atoms with E-state index in [9.17, 15) is 5.11 Å². The number of phenolic OH excluding ortho intramolecular Hbond substituents is 1. The van der Waals surface area contributed by atoms with Crippen LogP contribution in [0.2, 0.25) is 0 Å². The molecule has 0 aliphatic heterocycles. The zero-order chi connectivity index (χ0) is 24.3. The second-order valence-corrected chi connectivity index (χ2v) is 11.3. The lowest BCUT2D eigenvalue weighted by atomic mass is 10.1. The highest BCUT2D eigenvalue weighted by molar-refractivity contribution is 7.85. The van der Waals surface area contributed by atoms with Crippen molar-refractivity contribution in [1.82, 2.24) is 15.0 Å². The average Bonchev–Trinajstić information content (AvgIpc) is 3.33. The molecule has 0 saturated carbocycles. The van der Waals surface area contributed by atoms with E-state index in [2.05, 4.69) is 9.97 Å². The molecule has 0 bridgehead atoms. The van der Waals surface area contributed by atoms with E-state index in [0.29, 0.717) is 43.6 Å². The lowest BCUT2D eigenvalue weighted by Gasteiger charge is -2.20. The van der Waals surface area contributed by atoms with E-state index in [1.807, 2.05) is 66.7 Å². The summed E-state index contributed by atoms with van der Waals surface area (Å²) >= 11 is 0. The van der Waals surface area contributed by atoms with Gasteiger partial charge < -0.3 is 14.1 Å². The number of hydrogen-bond acceptors (Lipinski definition) is 6. The fourth-order valence-corrected chi connectivity index (χ4v) is 7.47. The van der Waals surface area contributed by atoms with Crippen molar-refractivity contribution in [3.05, 3.63) is 103 Å². The molecule has 3 aromatic carbocycles. The second kappa shape index (κ2) is 7.74. The van der Waals surface area contributed by atoms with Gasteiger partial charge in [0.05, 0.1) is 21.7 Å². The molecule has 0 fully saturated rings. The summed E-state index contributed by atoms with van der Waals surface area (Å²) in [7, 11) is -3.55. The molecule has 7 heteroatoms. The Kier molecular flexibility index (Phi) is 4.47. The largest absolute Gasteiger partial charge is 0.507 e. The van der Waals surface area contributed by atoms with Crippen molar-refractivity contribution in [2.45, 2.75) is 0 Å². The molecule has 36 heavy (non-hydrogen) atoms. The van der Waals surface area contributed by atoms with Crippen LogP contribution in [0, 0.1) is 0 Å². The normalized spacial score (nSPS) is 13.4. The van der Waals surface area contributed by atoms with Gasteiger partial charge in [-0.3, -0.25) is 9.97 Å². The molecule has 172 valence electrons. The summed E-state index contributed by atoms with van der Waals surface area (Å²) in [4.78, 5) is 13.9. The van der Waals surface area contributed by atoms with Gasteiger partial charge in [-0.25, -0.2) is 4.98 Å². The van der Waals surface area contributed by atoms with Gasteiger partial charge in [-0.05, 0) is 36.4 Å². The summed E-state index contributed by atoms with van der Waals surface area (Å²) in [6.45, 7) is 0. The maximum Gasteiger partial charge on any atom is 0.192 e. The number of aromatic nitrogens is 3. The molecule has 1 atom stereocenters. The first-order chi connectivity index (χ1) is 17.6. The second-order valence-electron chi connectivity index (χ2n) is 8.59. The Morgan fingerprint density at radius 2 is 1.42 bits per heavy atom. The smallest absolute Gasteiger partial charge is 0.192 e. The SMILES string of the molecule is O=P(c1ccccc1)(c1ccc2ccc3cccnc3c2n1)c1ccc(O)c2c1oc1cccnc12. The Morgan fingerprint density at radius 1 is 0.694 bits per heavy atom. The lowest BCUT2D eigenvalue weighted by Crippen LogP contribution is -2.27. The van der Waals surface area contributed by atoms with Crippen molar-refractivity contribution < 1.29 is 14.1 Å². The number of phenols is 1. The Hall–Kier alpha value is -4.54. The van der Waals surface area contributed by atoms with Crippen LogP contribution < -0.4 is 16.0 Å². The summed E-state index contributed by atoms with van der Waals surface area (Å²) in [5, 5.41) is 14.1. The minimum Gasteiger partial charge on any atom is -0.507 e. The predicted molar refractivity (Wildman–Crippen MR) is 143 cm³/mol. The van der Waals surface area contributed by atoms with E-state index in [1.165, 1.54) is 0 Å². The van der Waals surface area contributed by atoms with Crippen LogP contribution >= 0.6 is 7.14 Å². The Morgan fingerprint density at radius 3 is 2.25 bits per heavy atom. The number of fused-ring (bicyclic) bond motifs is 6. The predicted octanol–water partition coefficient (Wildman–Crippen LogP) is 5.42. The minimum atomic E-state index is -3.55. The van der Waals surface area contributed by atoms with Gasteiger partial charge in [-0.2, -0.15) is 0 Å². The number of pyridine rings is 3. The summed E-state index contributed by atoms with van der Waals surface area (Å²) in [6, 6.07) is 27.7. The van der Waals surface area contributed by atoms with Crippen molar-refractivity contribution in [1.29, 1.82) is 0 Å². The number of aromatic hydroxyl groups is 1. The molecule has 0 spiro atoms. The summed E-state index contributed by atoms with van der Waals surface area (Å²) in [5.41, 5.74) is 3.22. The molecule has 0 radical (unpaired) electrons. The molecule has 7 aromatic rings. The van der Waals surface area contributed by atoms with Crippen molar-refractivity contribution in [3.63, 3.8) is 0 Å².